The molecule has 4 heteroatoms. The summed E-state index contributed by atoms with van der Waals surface area (Å²) in [6.45, 7) is 3.15. The standard InChI is InChI=1S/C8H16N2O2/c1-6-2-3-7(4-9)10(5-6)8(11)12/h6-7H,2-5,9H2,1H3,(H,11,12)/t6-,7-/m0/s1. The SMILES string of the molecule is C[C@H]1CC[C@@H](CN)N(C(=O)O)C1. The number of nitrogens with two attached hydrogens (primary N) is 1. The maximum Gasteiger partial charge on any atom is 0.407 e. The second kappa shape index (κ2) is 3.76. The highest BCUT2D eigenvalue weighted by atomic mass is 16.4. The summed E-state index contributed by atoms with van der Waals surface area (Å²) in [5.41, 5.74) is 5.47. The van der Waals surface area contributed by atoms with Crippen LogP contribution >= 0.6 is 0 Å². The van der Waals surface area contributed by atoms with Crippen molar-refractivity contribution >= 4 is 6.09 Å². The molecule has 2 atom stereocenters. The van der Waals surface area contributed by atoms with Crippen LogP contribution in [0.3, 0.4) is 0 Å². The highest BCUT2D eigenvalue weighted by molar-refractivity contribution is 5.65. The molecule has 70 valence electrons. The van der Waals surface area contributed by atoms with E-state index in [0.29, 0.717) is 19.0 Å². The number of likely N-dealkylation sites (tertiary alicyclic amines) is 1. The molecule has 1 rings (SSSR count). The molecule has 0 aromatic heterocycles. The van der Waals surface area contributed by atoms with Crippen LogP contribution in [0.1, 0.15) is 19.8 Å². The quantitative estimate of drug-likeness (QED) is 0.612. The van der Waals surface area contributed by atoms with Crippen molar-refractivity contribution in [3.63, 3.8) is 0 Å². The lowest BCUT2D eigenvalue weighted by Gasteiger charge is -2.35. The Kier molecular flexibility index (Phi) is 2.92. The number of hydrogen-bond acceptors (Lipinski definition) is 2. The highest BCUT2D eigenvalue weighted by Crippen LogP contribution is 2.20. The molecule has 1 heterocycles. The van der Waals surface area contributed by atoms with Gasteiger partial charge < -0.3 is 15.7 Å². The van der Waals surface area contributed by atoms with Crippen molar-refractivity contribution in [3.05, 3.63) is 0 Å². The van der Waals surface area contributed by atoms with Crippen LogP contribution in [0.5, 0.6) is 0 Å². The van der Waals surface area contributed by atoms with E-state index in [9.17, 15) is 4.79 Å². The number of rotatable bonds is 1. The third kappa shape index (κ3) is 1.88. The van der Waals surface area contributed by atoms with Gasteiger partial charge in [-0.05, 0) is 18.8 Å². The molecule has 4 nitrogen and oxygen atoms in total. The summed E-state index contributed by atoms with van der Waals surface area (Å²) in [5, 5.41) is 8.83. The first-order chi connectivity index (χ1) is 5.65. The van der Waals surface area contributed by atoms with Crippen molar-refractivity contribution in [1.82, 2.24) is 4.90 Å². The maximum absolute atomic E-state index is 10.7. The predicted molar refractivity (Wildman–Crippen MR) is 46.0 cm³/mol. The Hall–Kier alpha value is -0.770. The molecule has 3 N–H and O–H groups in total. The summed E-state index contributed by atoms with van der Waals surface area (Å²) in [4.78, 5) is 12.2. The third-order valence-electron chi connectivity index (χ3n) is 2.46. The van der Waals surface area contributed by atoms with E-state index in [1.165, 1.54) is 4.90 Å². The van der Waals surface area contributed by atoms with Crippen molar-refractivity contribution in [2.45, 2.75) is 25.8 Å². The van der Waals surface area contributed by atoms with Gasteiger partial charge in [0.15, 0.2) is 0 Å². The van der Waals surface area contributed by atoms with Gasteiger partial charge in [-0.3, -0.25) is 0 Å². The van der Waals surface area contributed by atoms with Crippen LogP contribution in [0.15, 0.2) is 0 Å². The van der Waals surface area contributed by atoms with Gasteiger partial charge in [0.1, 0.15) is 0 Å². The third-order valence-corrected chi connectivity index (χ3v) is 2.46. The van der Waals surface area contributed by atoms with Gasteiger partial charge in [0.05, 0.1) is 0 Å². The molecule has 0 spiro atoms. The van der Waals surface area contributed by atoms with Crippen LogP contribution in [0.2, 0.25) is 0 Å². The zero-order valence-corrected chi connectivity index (χ0v) is 7.36. The molecule has 0 radical (unpaired) electrons. The smallest absolute Gasteiger partial charge is 0.407 e. The molecular formula is C8H16N2O2. The van der Waals surface area contributed by atoms with Gasteiger partial charge in [-0.25, -0.2) is 4.79 Å². The number of amides is 1. The molecule has 1 aliphatic rings. The topological polar surface area (TPSA) is 66.6 Å². The average Bonchev–Trinajstić information content (AvgIpc) is 2.04. The molecule has 0 unspecified atom stereocenters. The minimum absolute atomic E-state index is 0.0405. The highest BCUT2D eigenvalue weighted by Gasteiger charge is 2.28. The van der Waals surface area contributed by atoms with E-state index in [2.05, 4.69) is 6.92 Å². The first-order valence-corrected chi connectivity index (χ1v) is 4.34. The van der Waals surface area contributed by atoms with Crippen LogP contribution in [-0.4, -0.2) is 35.2 Å². The molecule has 0 aromatic rings. The molecule has 1 aliphatic heterocycles. The minimum atomic E-state index is -0.836. The van der Waals surface area contributed by atoms with Crippen LogP contribution in [-0.2, 0) is 0 Å². The van der Waals surface area contributed by atoms with Crippen molar-refractivity contribution in [2.75, 3.05) is 13.1 Å². The van der Waals surface area contributed by atoms with E-state index in [1.54, 1.807) is 0 Å². The second-order valence-corrected chi connectivity index (χ2v) is 3.51. The Labute approximate surface area is 72.3 Å². The Morgan fingerprint density at radius 3 is 2.83 bits per heavy atom. The number of piperidine rings is 1. The lowest BCUT2D eigenvalue weighted by Crippen LogP contribution is -2.49. The number of carbonyl (C=O) groups is 1. The van der Waals surface area contributed by atoms with Crippen LogP contribution in [0.4, 0.5) is 4.79 Å². The molecule has 0 aromatic carbocycles. The average molecular weight is 172 g/mol. The monoisotopic (exact) mass is 172 g/mol. The Balaban J connectivity index is 2.58. The van der Waals surface area contributed by atoms with Crippen molar-refractivity contribution in [2.24, 2.45) is 11.7 Å². The van der Waals surface area contributed by atoms with Gasteiger partial charge in [-0.15, -0.1) is 0 Å². The fraction of sp³-hybridized carbons (Fsp3) is 0.875. The van der Waals surface area contributed by atoms with Gasteiger partial charge in [-0.2, -0.15) is 0 Å². The summed E-state index contributed by atoms with van der Waals surface area (Å²) in [7, 11) is 0. The molecule has 0 bridgehead atoms. The Morgan fingerprint density at radius 2 is 2.33 bits per heavy atom. The Bertz CT molecular complexity index is 172. The molecule has 1 amide bonds. The summed E-state index contributed by atoms with van der Waals surface area (Å²) < 4.78 is 0. The fourth-order valence-corrected chi connectivity index (χ4v) is 1.69. The normalized spacial score (nSPS) is 30.3. The second-order valence-electron chi connectivity index (χ2n) is 3.51. The number of hydrogen-bond donors (Lipinski definition) is 2. The summed E-state index contributed by atoms with van der Waals surface area (Å²) in [6, 6.07) is 0.0405. The van der Waals surface area contributed by atoms with E-state index < -0.39 is 6.09 Å². The molecular weight excluding hydrogens is 156 g/mol. The van der Waals surface area contributed by atoms with E-state index in [1.807, 2.05) is 0 Å². The van der Waals surface area contributed by atoms with Gasteiger partial charge >= 0.3 is 6.09 Å². The predicted octanol–water partition coefficient (Wildman–Crippen LogP) is 0.724. The van der Waals surface area contributed by atoms with Gasteiger partial charge in [0, 0.05) is 19.1 Å². The first kappa shape index (κ1) is 9.32. The first-order valence-electron chi connectivity index (χ1n) is 4.34. The molecule has 0 saturated carbocycles. The lowest BCUT2D eigenvalue weighted by atomic mass is 9.95. The number of nitrogens with zero attached hydrogens (tertiary/aromatic N) is 1. The zero-order chi connectivity index (χ0) is 9.14. The van der Waals surface area contributed by atoms with E-state index in [0.717, 1.165) is 12.8 Å². The molecule has 1 fully saturated rings. The minimum Gasteiger partial charge on any atom is -0.465 e. The van der Waals surface area contributed by atoms with Crippen molar-refractivity contribution in [3.8, 4) is 0 Å². The molecule has 0 aliphatic carbocycles. The van der Waals surface area contributed by atoms with Crippen molar-refractivity contribution < 1.29 is 9.90 Å². The van der Waals surface area contributed by atoms with Crippen molar-refractivity contribution in [1.29, 1.82) is 0 Å². The molecule has 1 saturated heterocycles. The van der Waals surface area contributed by atoms with E-state index in [-0.39, 0.29) is 6.04 Å². The van der Waals surface area contributed by atoms with Crippen LogP contribution < -0.4 is 5.73 Å². The summed E-state index contributed by atoms with van der Waals surface area (Å²) in [6.07, 6.45) is 1.16. The van der Waals surface area contributed by atoms with Gasteiger partial charge in [-0.1, -0.05) is 6.92 Å². The zero-order valence-electron chi connectivity index (χ0n) is 7.36. The fourth-order valence-electron chi connectivity index (χ4n) is 1.69. The van der Waals surface area contributed by atoms with E-state index >= 15 is 0 Å². The maximum atomic E-state index is 10.7. The van der Waals surface area contributed by atoms with Crippen LogP contribution in [0, 0.1) is 5.92 Å². The molecule has 12 heavy (non-hydrogen) atoms. The summed E-state index contributed by atoms with van der Waals surface area (Å²) >= 11 is 0. The lowest BCUT2D eigenvalue weighted by molar-refractivity contribution is 0.0928. The number of carboxylic acid groups (broad SMARTS) is 1. The van der Waals surface area contributed by atoms with Gasteiger partial charge in [0.25, 0.3) is 0 Å². The Morgan fingerprint density at radius 1 is 1.67 bits per heavy atom. The summed E-state index contributed by atoms with van der Waals surface area (Å²) in [5.74, 6) is 0.476. The van der Waals surface area contributed by atoms with E-state index in [4.69, 9.17) is 10.8 Å². The van der Waals surface area contributed by atoms with Gasteiger partial charge in [0.2, 0.25) is 0 Å². The van der Waals surface area contributed by atoms with Crippen LogP contribution in [0.25, 0.3) is 0 Å². The largest absolute Gasteiger partial charge is 0.465 e.